The number of hydrogen-bond acceptors (Lipinski definition) is 7. The molecule has 0 saturated heterocycles. The molecule has 146 valence electrons. The molecule has 0 radical (unpaired) electrons. The molecule has 0 N–H and O–H groups in total. The van der Waals surface area contributed by atoms with Gasteiger partial charge in [-0.15, -0.1) is 16.8 Å². The van der Waals surface area contributed by atoms with Crippen LogP contribution in [0.5, 0.6) is 11.5 Å². The molecule has 0 aliphatic carbocycles. The number of methoxy groups -OCH3 is 2. The van der Waals surface area contributed by atoms with E-state index in [-0.39, 0.29) is 11.0 Å². The van der Waals surface area contributed by atoms with Gasteiger partial charge < -0.3 is 13.9 Å². The Morgan fingerprint density at radius 3 is 2.71 bits per heavy atom. The van der Waals surface area contributed by atoms with E-state index in [9.17, 15) is 4.79 Å². The molecular formula is C20H21N3O4S. The van der Waals surface area contributed by atoms with Gasteiger partial charge in [0.05, 0.1) is 25.7 Å². The number of furan rings is 1. The third-order valence-electron chi connectivity index (χ3n) is 4.09. The summed E-state index contributed by atoms with van der Waals surface area (Å²) in [4.78, 5) is 12.9. The van der Waals surface area contributed by atoms with Gasteiger partial charge in [-0.25, -0.2) is 0 Å². The Morgan fingerprint density at radius 2 is 2.07 bits per heavy atom. The fraction of sp³-hybridized carbons (Fsp3) is 0.250. The standard InChI is InChI=1S/C20H21N3O4S/c1-5-10-23-19(16-7-6-11-27-16)21-22-20(23)28-13(2)18(24)14-8-9-15(25-3)17(12-14)26-4/h5-9,11-13H,1,10H2,2-4H3. The molecule has 0 aliphatic heterocycles. The van der Waals surface area contributed by atoms with Gasteiger partial charge in [0.25, 0.3) is 0 Å². The van der Waals surface area contributed by atoms with Crippen molar-refractivity contribution < 1.29 is 18.7 Å². The van der Waals surface area contributed by atoms with Gasteiger partial charge in [-0.05, 0) is 37.3 Å². The Bertz CT molecular complexity index is 966. The molecule has 0 spiro atoms. The molecule has 8 heteroatoms. The third-order valence-corrected chi connectivity index (χ3v) is 5.17. The zero-order chi connectivity index (χ0) is 20.1. The van der Waals surface area contributed by atoms with Crippen molar-refractivity contribution in [2.45, 2.75) is 23.9 Å². The summed E-state index contributed by atoms with van der Waals surface area (Å²) in [5, 5.41) is 8.69. The summed E-state index contributed by atoms with van der Waals surface area (Å²) < 4.78 is 17.8. The van der Waals surface area contributed by atoms with Crippen molar-refractivity contribution in [3.05, 3.63) is 54.8 Å². The lowest BCUT2D eigenvalue weighted by Gasteiger charge is -2.13. The lowest BCUT2D eigenvalue weighted by Crippen LogP contribution is -2.15. The molecule has 7 nitrogen and oxygen atoms in total. The van der Waals surface area contributed by atoms with E-state index in [0.717, 1.165) is 0 Å². The first-order chi connectivity index (χ1) is 13.6. The Morgan fingerprint density at radius 1 is 1.29 bits per heavy atom. The van der Waals surface area contributed by atoms with E-state index < -0.39 is 0 Å². The van der Waals surface area contributed by atoms with E-state index in [0.29, 0.717) is 40.3 Å². The fourth-order valence-corrected chi connectivity index (χ4v) is 3.63. The average Bonchev–Trinajstić information content (AvgIpc) is 3.37. The van der Waals surface area contributed by atoms with Gasteiger partial charge in [-0.3, -0.25) is 9.36 Å². The number of ether oxygens (including phenoxy) is 2. The first-order valence-electron chi connectivity index (χ1n) is 8.60. The molecule has 0 bridgehead atoms. The van der Waals surface area contributed by atoms with Crippen molar-refractivity contribution in [3.63, 3.8) is 0 Å². The van der Waals surface area contributed by atoms with Gasteiger partial charge >= 0.3 is 0 Å². The minimum absolute atomic E-state index is 0.0429. The number of hydrogen-bond donors (Lipinski definition) is 0. The molecule has 2 aromatic heterocycles. The molecular weight excluding hydrogens is 378 g/mol. The Labute approximate surface area is 167 Å². The number of benzene rings is 1. The van der Waals surface area contributed by atoms with Gasteiger partial charge in [0.1, 0.15) is 0 Å². The Hall–Kier alpha value is -3.00. The molecule has 3 rings (SSSR count). The van der Waals surface area contributed by atoms with Crippen LogP contribution in [0.3, 0.4) is 0 Å². The van der Waals surface area contributed by atoms with E-state index in [1.165, 1.54) is 18.9 Å². The van der Waals surface area contributed by atoms with E-state index in [2.05, 4.69) is 16.8 Å². The lowest BCUT2D eigenvalue weighted by molar-refractivity contribution is 0.0993. The summed E-state index contributed by atoms with van der Waals surface area (Å²) in [6, 6.07) is 8.73. The first kappa shape index (κ1) is 19.8. The molecule has 0 fully saturated rings. The number of carbonyl (C=O) groups excluding carboxylic acids is 1. The normalized spacial score (nSPS) is 11.8. The number of thioether (sulfide) groups is 1. The highest BCUT2D eigenvalue weighted by atomic mass is 32.2. The molecule has 1 aromatic carbocycles. The second kappa shape index (κ2) is 8.79. The highest BCUT2D eigenvalue weighted by molar-refractivity contribution is 8.00. The smallest absolute Gasteiger partial charge is 0.200 e. The highest BCUT2D eigenvalue weighted by Crippen LogP contribution is 2.31. The van der Waals surface area contributed by atoms with Crippen LogP contribution in [0, 0.1) is 0 Å². The van der Waals surface area contributed by atoms with Crippen LogP contribution >= 0.6 is 11.8 Å². The zero-order valence-electron chi connectivity index (χ0n) is 15.9. The predicted molar refractivity (Wildman–Crippen MR) is 107 cm³/mol. The highest BCUT2D eigenvalue weighted by Gasteiger charge is 2.23. The predicted octanol–water partition coefficient (Wildman–Crippen LogP) is 4.10. The van der Waals surface area contributed by atoms with E-state index in [1.54, 1.807) is 43.7 Å². The molecule has 0 saturated carbocycles. The molecule has 3 aromatic rings. The molecule has 2 heterocycles. The Kier molecular flexibility index (Phi) is 6.20. The maximum atomic E-state index is 12.9. The van der Waals surface area contributed by atoms with Crippen molar-refractivity contribution in [2.24, 2.45) is 0 Å². The minimum Gasteiger partial charge on any atom is -0.493 e. The quantitative estimate of drug-likeness (QED) is 0.304. The summed E-state index contributed by atoms with van der Waals surface area (Å²) in [6.45, 7) is 6.13. The van der Waals surface area contributed by atoms with Crippen molar-refractivity contribution in [3.8, 4) is 23.1 Å². The summed E-state index contributed by atoms with van der Waals surface area (Å²) >= 11 is 1.33. The van der Waals surface area contributed by atoms with Crippen molar-refractivity contribution >= 4 is 17.5 Å². The van der Waals surface area contributed by atoms with Crippen LogP contribution in [0.25, 0.3) is 11.6 Å². The number of Topliss-reactive ketones (excluding diaryl/α,β-unsaturated/α-hetero) is 1. The molecule has 28 heavy (non-hydrogen) atoms. The minimum atomic E-state index is -0.379. The molecule has 1 unspecified atom stereocenters. The van der Waals surface area contributed by atoms with E-state index >= 15 is 0 Å². The van der Waals surface area contributed by atoms with Crippen molar-refractivity contribution in [1.82, 2.24) is 14.8 Å². The maximum Gasteiger partial charge on any atom is 0.200 e. The van der Waals surface area contributed by atoms with Gasteiger partial charge in [0.2, 0.25) is 5.82 Å². The average molecular weight is 399 g/mol. The summed E-state index contributed by atoms with van der Waals surface area (Å²) in [7, 11) is 3.10. The number of aromatic nitrogens is 3. The Balaban J connectivity index is 1.84. The van der Waals surface area contributed by atoms with Crippen LogP contribution in [0.4, 0.5) is 0 Å². The van der Waals surface area contributed by atoms with Crippen LogP contribution in [-0.4, -0.2) is 40.0 Å². The van der Waals surface area contributed by atoms with Gasteiger partial charge in [0.15, 0.2) is 28.2 Å². The van der Waals surface area contributed by atoms with Crippen LogP contribution in [-0.2, 0) is 6.54 Å². The van der Waals surface area contributed by atoms with Crippen LogP contribution in [0.1, 0.15) is 17.3 Å². The topological polar surface area (TPSA) is 79.4 Å². The fourth-order valence-electron chi connectivity index (χ4n) is 2.69. The first-order valence-corrected chi connectivity index (χ1v) is 9.47. The summed E-state index contributed by atoms with van der Waals surface area (Å²) in [5.41, 5.74) is 0.540. The summed E-state index contributed by atoms with van der Waals surface area (Å²) in [6.07, 6.45) is 3.33. The van der Waals surface area contributed by atoms with Crippen molar-refractivity contribution in [1.29, 1.82) is 0 Å². The van der Waals surface area contributed by atoms with Crippen LogP contribution in [0.15, 0.2) is 58.8 Å². The SMILES string of the molecule is C=CCn1c(SC(C)C(=O)c2ccc(OC)c(OC)c2)nnc1-c1ccco1. The monoisotopic (exact) mass is 399 g/mol. The number of rotatable bonds is 9. The van der Waals surface area contributed by atoms with Gasteiger partial charge in [0, 0.05) is 12.1 Å². The number of nitrogens with zero attached hydrogens (tertiary/aromatic N) is 3. The molecule has 0 aliphatic rings. The third kappa shape index (κ3) is 3.96. The molecule has 0 amide bonds. The number of ketones is 1. The second-order valence-electron chi connectivity index (χ2n) is 5.88. The van der Waals surface area contributed by atoms with Crippen molar-refractivity contribution in [2.75, 3.05) is 14.2 Å². The number of carbonyl (C=O) groups is 1. The summed E-state index contributed by atoms with van der Waals surface area (Å²) in [5.74, 6) is 2.26. The van der Waals surface area contributed by atoms with Crippen LogP contribution < -0.4 is 9.47 Å². The van der Waals surface area contributed by atoms with E-state index in [4.69, 9.17) is 13.9 Å². The molecule has 1 atom stereocenters. The maximum absolute atomic E-state index is 12.9. The van der Waals surface area contributed by atoms with E-state index in [1.807, 2.05) is 17.6 Å². The number of allylic oxidation sites excluding steroid dienone is 1. The van der Waals surface area contributed by atoms with Gasteiger partial charge in [-0.1, -0.05) is 17.8 Å². The second-order valence-corrected chi connectivity index (χ2v) is 7.18. The zero-order valence-corrected chi connectivity index (χ0v) is 16.7. The van der Waals surface area contributed by atoms with Gasteiger partial charge in [-0.2, -0.15) is 0 Å². The van der Waals surface area contributed by atoms with Crippen LogP contribution in [0.2, 0.25) is 0 Å². The largest absolute Gasteiger partial charge is 0.493 e. The lowest BCUT2D eigenvalue weighted by atomic mass is 10.1.